The Morgan fingerprint density at radius 2 is 1.62 bits per heavy atom. The van der Waals surface area contributed by atoms with E-state index in [1.54, 1.807) is 18.2 Å². The van der Waals surface area contributed by atoms with Crippen molar-refractivity contribution in [3.63, 3.8) is 0 Å². The molecule has 2 aliphatic carbocycles. The number of hydrogen-bond acceptors (Lipinski definition) is 3. The van der Waals surface area contributed by atoms with Gasteiger partial charge in [0.1, 0.15) is 9.87 Å². The second kappa shape index (κ2) is 8.43. The van der Waals surface area contributed by atoms with Crippen LogP contribution < -0.4 is 10.6 Å². The lowest BCUT2D eigenvalue weighted by atomic mass is 10.1. The van der Waals surface area contributed by atoms with Gasteiger partial charge in [0.2, 0.25) is 5.91 Å². The van der Waals surface area contributed by atoms with E-state index in [4.69, 9.17) is 69.6 Å². The van der Waals surface area contributed by atoms with Gasteiger partial charge in [0.05, 0.1) is 37.6 Å². The number of nitrogens with one attached hydrogen (secondary N) is 2. The predicted octanol–water partition coefficient (Wildman–Crippen LogP) is 6.61. The van der Waals surface area contributed by atoms with Crippen LogP contribution in [0.3, 0.4) is 0 Å². The Kier molecular flexibility index (Phi) is 6.26. The molecule has 32 heavy (non-hydrogen) atoms. The van der Waals surface area contributed by atoms with Gasteiger partial charge in [0.15, 0.2) is 0 Å². The monoisotopic (exact) mass is 549 g/mol. The Morgan fingerprint density at radius 3 is 2.19 bits per heavy atom. The van der Waals surface area contributed by atoms with E-state index >= 15 is 0 Å². The second-order valence-corrected chi connectivity index (χ2v) is 10.8. The van der Waals surface area contributed by atoms with Crippen LogP contribution in [0.2, 0.25) is 20.1 Å². The highest BCUT2D eigenvalue weighted by Gasteiger charge is 2.67. The van der Waals surface area contributed by atoms with Crippen molar-refractivity contribution in [2.24, 2.45) is 5.92 Å². The quantitative estimate of drug-likeness (QED) is 0.324. The molecule has 0 spiro atoms. The molecule has 0 heterocycles. The van der Waals surface area contributed by atoms with Gasteiger partial charge in [-0.2, -0.15) is 5.26 Å². The van der Waals surface area contributed by atoms with E-state index in [0.29, 0.717) is 24.1 Å². The number of carbonyl (C=O) groups is 2. The molecule has 0 radical (unpaired) electrons. The molecule has 2 N–H and O–H groups in total. The number of anilines is 1. The summed E-state index contributed by atoms with van der Waals surface area (Å²) >= 11 is 37.1. The zero-order valence-corrected chi connectivity index (χ0v) is 20.5. The number of benzene rings is 2. The maximum Gasteiger partial charge on any atom is 0.254 e. The first-order chi connectivity index (χ1) is 15.0. The first-order valence-electron chi connectivity index (χ1n) is 9.35. The molecule has 2 atom stereocenters. The molecule has 11 heteroatoms. The SMILES string of the molecule is N#CC1(NC(=O)c2cc(NC(=O)[C@@H]3C(c4cc(Cl)c(Cl)c(Cl)c4)C3(Cl)Cl)ccc2Cl)CC1. The average molecular weight is 552 g/mol. The molecule has 166 valence electrons. The predicted molar refractivity (Wildman–Crippen MR) is 127 cm³/mol. The van der Waals surface area contributed by atoms with Crippen LogP contribution >= 0.6 is 69.6 Å². The van der Waals surface area contributed by atoms with Crippen LogP contribution in [-0.2, 0) is 4.79 Å². The Bertz CT molecular complexity index is 1170. The summed E-state index contributed by atoms with van der Waals surface area (Å²) in [5, 5.41) is 15.4. The summed E-state index contributed by atoms with van der Waals surface area (Å²) in [6.07, 6.45) is 1.16. The van der Waals surface area contributed by atoms with E-state index in [-0.39, 0.29) is 25.7 Å². The van der Waals surface area contributed by atoms with Crippen molar-refractivity contribution in [3.05, 3.63) is 61.5 Å². The van der Waals surface area contributed by atoms with Gasteiger partial charge in [-0.3, -0.25) is 9.59 Å². The van der Waals surface area contributed by atoms with Crippen molar-refractivity contribution in [1.82, 2.24) is 5.32 Å². The minimum absolute atomic E-state index is 0.137. The number of rotatable bonds is 5. The normalized spacial score (nSPS) is 21.9. The highest BCUT2D eigenvalue weighted by atomic mass is 35.5. The zero-order chi connectivity index (χ0) is 23.4. The summed E-state index contributed by atoms with van der Waals surface area (Å²) in [5.41, 5.74) is 0.196. The standard InChI is InChI=1S/C21H13Cl6N3O2/c22-12-2-1-10(7-11(12)18(31)30-20(8-28)3-4-20)29-19(32)16-15(21(16,26)27)9-5-13(23)17(25)14(24)6-9/h1-2,5-7,15-16H,3-4H2,(H,29,32)(H,30,31)/t15?,16-/m0/s1. The van der Waals surface area contributed by atoms with Crippen LogP contribution in [0.1, 0.15) is 34.7 Å². The second-order valence-electron chi connectivity index (χ2n) is 7.76. The lowest BCUT2D eigenvalue weighted by Crippen LogP contribution is -2.35. The number of hydrogen-bond donors (Lipinski definition) is 2. The van der Waals surface area contributed by atoms with Gasteiger partial charge in [0, 0.05) is 11.6 Å². The molecule has 2 aromatic rings. The number of amides is 2. The summed E-state index contributed by atoms with van der Waals surface area (Å²) in [5.74, 6) is -2.30. The van der Waals surface area contributed by atoms with Gasteiger partial charge in [0.25, 0.3) is 5.91 Å². The highest BCUT2D eigenvalue weighted by Crippen LogP contribution is 2.65. The van der Waals surface area contributed by atoms with Crippen LogP contribution in [0.4, 0.5) is 5.69 Å². The first-order valence-corrected chi connectivity index (χ1v) is 11.6. The summed E-state index contributed by atoms with van der Waals surface area (Å²) < 4.78 is -1.37. The van der Waals surface area contributed by atoms with Gasteiger partial charge in [-0.05, 0) is 48.7 Å². The van der Waals surface area contributed by atoms with Crippen LogP contribution in [0.5, 0.6) is 0 Å². The zero-order valence-electron chi connectivity index (χ0n) is 16.0. The highest BCUT2D eigenvalue weighted by molar-refractivity contribution is 6.54. The van der Waals surface area contributed by atoms with Gasteiger partial charge in [-0.15, -0.1) is 23.2 Å². The maximum atomic E-state index is 12.9. The molecule has 5 nitrogen and oxygen atoms in total. The summed E-state index contributed by atoms with van der Waals surface area (Å²) in [6, 6.07) is 9.68. The molecule has 0 aliphatic heterocycles. The summed E-state index contributed by atoms with van der Waals surface area (Å²) in [7, 11) is 0. The van der Waals surface area contributed by atoms with Gasteiger partial charge < -0.3 is 10.6 Å². The molecule has 2 amide bonds. The number of alkyl halides is 2. The largest absolute Gasteiger partial charge is 0.334 e. The van der Waals surface area contributed by atoms with Gasteiger partial charge >= 0.3 is 0 Å². The Hall–Kier alpha value is -1.39. The molecule has 2 saturated carbocycles. The number of nitrogens with zero attached hydrogens (tertiary/aromatic N) is 1. The molecule has 2 aliphatic rings. The lowest BCUT2D eigenvalue weighted by molar-refractivity contribution is -0.117. The Labute approximate surface area is 213 Å². The topological polar surface area (TPSA) is 82.0 Å². The maximum absolute atomic E-state index is 12.9. The third-order valence-electron chi connectivity index (χ3n) is 5.50. The van der Waals surface area contributed by atoms with E-state index in [9.17, 15) is 14.9 Å². The smallest absolute Gasteiger partial charge is 0.254 e. The molecular weight excluding hydrogens is 539 g/mol. The lowest BCUT2D eigenvalue weighted by Gasteiger charge is -2.12. The van der Waals surface area contributed by atoms with Crippen LogP contribution in [0.15, 0.2) is 30.3 Å². The minimum Gasteiger partial charge on any atom is -0.334 e. The third kappa shape index (κ3) is 4.37. The van der Waals surface area contributed by atoms with Crippen LogP contribution in [0.25, 0.3) is 0 Å². The molecule has 0 bridgehead atoms. The fraction of sp³-hybridized carbons (Fsp3) is 0.286. The van der Waals surface area contributed by atoms with Crippen molar-refractivity contribution < 1.29 is 9.59 Å². The molecule has 0 saturated heterocycles. The van der Waals surface area contributed by atoms with E-state index < -0.39 is 33.5 Å². The summed E-state index contributed by atoms with van der Waals surface area (Å²) in [6.45, 7) is 0. The van der Waals surface area contributed by atoms with E-state index in [1.807, 2.05) is 0 Å². The molecule has 4 rings (SSSR count). The van der Waals surface area contributed by atoms with Gasteiger partial charge in [-0.25, -0.2) is 0 Å². The fourth-order valence-corrected chi connectivity index (χ4v) is 5.14. The number of carbonyl (C=O) groups excluding carboxylic acids is 2. The van der Waals surface area contributed by atoms with Gasteiger partial charge in [-0.1, -0.05) is 46.4 Å². The van der Waals surface area contributed by atoms with Crippen molar-refractivity contribution in [2.45, 2.75) is 28.6 Å². The molecular formula is C21H13Cl6N3O2. The third-order valence-corrected chi connectivity index (χ3v) is 7.96. The van der Waals surface area contributed by atoms with Crippen LogP contribution in [-0.4, -0.2) is 21.7 Å². The number of nitriles is 1. The van der Waals surface area contributed by atoms with Crippen molar-refractivity contribution in [3.8, 4) is 6.07 Å². The van der Waals surface area contributed by atoms with E-state index in [1.165, 1.54) is 12.1 Å². The van der Waals surface area contributed by atoms with Crippen molar-refractivity contribution >= 4 is 87.1 Å². The summed E-state index contributed by atoms with van der Waals surface area (Å²) in [4.78, 5) is 25.5. The van der Waals surface area contributed by atoms with E-state index in [2.05, 4.69) is 16.7 Å². The van der Waals surface area contributed by atoms with Crippen LogP contribution in [0, 0.1) is 17.2 Å². The minimum atomic E-state index is -1.37. The first kappa shape index (κ1) is 23.8. The van der Waals surface area contributed by atoms with E-state index in [0.717, 1.165) is 0 Å². The number of halogens is 6. The Balaban J connectivity index is 1.52. The fourth-order valence-electron chi connectivity index (χ4n) is 3.49. The van der Waals surface area contributed by atoms with Crippen molar-refractivity contribution in [2.75, 3.05) is 5.32 Å². The van der Waals surface area contributed by atoms with Crippen molar-refractivity contribution in [1.29, 1.82) is 5.26 Å². The molecule has 2 fully saturated rings. The average Bonchev–Trinajstić information content (AvgIpc) is 3.62. The molecule has 0 aromatic heterocycles. The Morgan fingerprint density at radius 1 is 1.00 bits per heavy atom. The molecule has 2 aromatic carbocycles. The molecule has 1 unspecified atom stereocenters.